The van der Waals surface area contributed by atoms with Crippen LogP contribution in [0.25, 0.3) is 0 Å². The summed E-state index contributed by atoms with van der Waals surface area (Å²) < 4.78 is 0. The molecule has 56 valence electrons. The summed E-state index contributed by atoms with van der Waals surface area (Å²) in [4.78, 5) is 9.69. The van der Waals surface area contributed by atoms with E-state index in [1.165, 1.54) is 0 Å². The maximum Gasteiger partial charge on any atom is 0.317 e. The van der Waals surface area contributed by atoms with Crippen LogP contribution in [0.15, 0.2) is 0 Å². The summed E-state index contributed by atoms with van der Waals surface area (Å²) in [5.74, 6) is -0.771. The van der Waals surface area contributed by atoms with Gasteiger partial charge < -0.3 is 11.3 Å². The van der Waals surface area contributed by atoms with Gasteiger partial charge in [-0.3, -0.25) is 4.79 Å². The number of halogens is 1. The summed E-state index contributed by atoms with van der Waals surface area (Å²) in [6.07, 6.45) is 1.61. The van der Waals surface area contributed by atoms with Gasteiger partial charge in [0.1, 0.15) is 4.83 Å². The van der Waals surface area contributed by atoms with Crippen LogP contribution in [0.5, 0.6) is 0 Å². The lowest BCUT2D eigenvalue weighted by Gasteiger charge is -1.98. The number of rotatable bonds is 3. The summed E-state index contributed by atoms with van der Waals surface area (Å²) in [5.41, 5.74) is 0. The minimum Gasteiger partial charge on any atom is -0.480 e. The molecule has 0 heterocycles. The summed E-state index contributed by atoms with van der Waals surface area (Å²) >= 11 is 3.00. The molecule has 0 radical (unpaired) electrons. The van der Waals surface area contributed by atoms with E-state index in [0.29, 0.717) is 6.42 Å². The molecule has 0 aromatic heterocycles. The molecule has 1 atom stereocenters. The van der Waals surface area contributed by atoms with Crippen LogP contribution >= 0.6 is 15.9 Å². The van der Waals surface area contributed by atoms with Gasteiger partial charge in [0.2, 0.25) is 0 Å². The molecule has 0 aliphatic heterocycles. The van der Waals surface area contributed by atoms with Crippen LogP contribution in [0.2, 0.25) is 0 Å². The van der Waals surface area contributed by atoms with Crippen LogP contribution in [-0.2, 0) is 4.79 Å². The quantitative estimate of drug-likeness (QED) is 0.679. The number of hydrogen-bond donors (Lipinski definition) is 2. The standard InChI is InChI=1S/C5H9BrO2.H3N/c1-2-3-4(6)5(7)8;/h4H,2-3H2,1H3,(H,7,8);1H3. The third kappa shape index (κ3) is 5.79. The van der Waals surface area contributed by atoms with Crippen molar-refractivity contribution in [2.45, 2.75) is 24.6 Å². The van der Waals surface area contributed by atoms with Gasteiger partial charge in [0, 0.05) is 0 Å². The fraction of sp³-hybridized carbons (Fsp3) is 0.800. The second-order valence-corrected chi connectivity index (χ2v) is 2.70. The Kier molecular flexibility index (Phi) is 7.83. The van der Waals surface area contributed by atoms with Crippen LogP contribution < -0.4 is 6.15 Å². The van der Waals surface area contributed by atoms with Crippen LogP contribution in [0.4, 0.5) is 0 Å². The monoisotopic (exact) mass is 197 g/mol. The molecule has 1 unspecified atom stereocenters. The van der Waals surface area contributed by atoms with Crippen molar-refractivity contribution in [2.24, 2.45) is 0 Å². The van der Waals surface area contributed by atoms with Crippen molar-refractivity contribution < 1.29 is 9.90 Å². The van der Waals surface area contributed by atoms with Crippen LogP contribution in [0.1, 0.15) is 19.8 Å². The highest BCUT2D eigenvalue weighted by molar-refractivity contribution is 9.10. The first-order valence-electron chi connectivity index (χ1n) is 2.55. The topological polar surface area (TPSA) is 72.3 Å². The third-order valence-corrected chi connectivity index (χ3v) is 1.66. The number of carboxylic acids is 1. The van der Waals surface area contributed by atoms with Crippen molar-refractivity contribution in [2.75, 3.05) is 0 Å². The predicted octanol–water partition coefficient (Wildman–Crippen LogP) is 1.80. The van der Waals surface area contributed by atoms with E-state index in [1.54, 1.807) is 0 Å². The van der Waals surface area contributed by atoms with Gasteiger partial charge in [-0.05, 0) is 6.42 Å². The van der Waals surface area contributed by atoms with Gasteiger partial charge in [-0.25, -0.2) is 0 Å². The first-order valence-corrected chi connectivity index (χ1v) is 3.47. The van der Waals surface area contributed by atoms with Gasteiger partial charge in [0.05, 0.1) is 0 Å². The van der Waals surface area contributed by atoms with Crippen molar-refractivity contribution in [1.29, 1.82) is 0 Å². The number of hydrogen-bond acceptors (Lipinski definition) is 2. The smallest absolute Gasteiger partial charge is 0.317 e. The number of carboxylic acid groups (broad SMARTS) is 1. The number of carbonyl (C=O) groups is 1. The molecule has 0 aromatic rings. The van der Waals surface area contributed by atoms with E-state index < -0.39 is 5.97 Å². The zero-order valence-corrected chi connectivity index (χ0v) is 7.02. The average molecular weight is 198 g/mol. The van der Waals surface area contributed by atoms with Crippen LogP contribution in [0.3, 0.4) is 0 Å². The van der Waals surface area contributed by atoms with Crippen molar-refractivity contribution in [1.82, 2.24) is 6.15 Å². The highest BCUT2D eigenvalue weighted by Gasteiger charge is 2.09. The summed E-state index contributed by atoms with van der Waals surface area (Å²) in [5, 5.41) is 8.27. The molecular formula is C5H12BrNO2. The van der Waals surface area contributed by atoms with E-state index in [1.807, 2.05) is 6.92 Å². The second-order valence-electron chi connectivity index (χ2n) is 1.59. The lowest BCUT2D eigenvalue weighted by molar-refractivity contribution is -0.136. The maximum absolute atomic E-state index is 10.0. The largest absolute Gasteiger partial charge is 0.480 e. The fourth-order valence-corrected chi connectivity index (χ4v) is 0.835. The Balaban J connectivity index is 0. The first-order chi connectivity index (χ1) is 3.68. The Labute approximate surface area is 63.2 Å². The molecule has 0 saturated carbocycles. The average Bonchev–Trinajstić information content (AvgIpc) is 1.67. The molecule has 0 aliphatic carbocycles. The van der Waals surface area contributed by atoms with Gasteiger partial charge in [0.25, 0.3) is 0 Å². The van der Waals surface area contributed by atoms with E-state index in [9.17, 15) is 4.79 Å². The number of aliphatic carboxylic acids is 1. The van der Waals surface area contributed by atoms with Crippen molar-refractivity contribution in [3.8, 4) is 0 Å². The van der Waals surface area contributed by atoms with E-state index in [4.69, 9.17) is 5.11 Å². The molecule has 3 nitrogen and oxygen atoms in total. The minimum absolute atomic E-state index is 0. The van der Waals surface area contributed by atoms with E-state index in [0.717, 1.165) is 6.42 Å². The summed E-state index contributed by atoms with van der Waals surface area (Å²) in [7, 11) is 0. The molecule has 0 fully saturated rings. The molecule has 0 saturated heterocycles. The summed E-state index contributed by atoms with van der Waals surface area (Å²) in [6, 6.07) is 0. The van der Waals surface area contributed by atoms with E-state index in [-0.39, 0.29) is 11.0 Å². The van der Waals surface area contributed by atoms with Crippen molar-refractivity contribution in [3.05, 3.63) is 0 Å². The maximum atomic E-state index is 10.0. The fourth-order valence-electron chi connectivity index (χ4n) is 0.377. The molecule has 4 N–H and O–H groups in total. The Morgan fingerprint density at radius 3 is 2.33 bits per heavy atom. The molecule has 9 heavy (non-hydrogen) atoms. The Hall–Kier alpha value is -0.0900. The normalized spacial score (nSPS) is 11.8. The molecule has 0 aliphatic rings. The number of alkyl halides is 1. The van der Waals surface area contributed by atoms with Gasteiger partial charge in [0.15, 0.2) is 0 Å². The van der Waals surface area contributed by atoms with Crippen LogP contribution in [-0.4, -0.2) is 15.9 Å². The SMILES string of the molecule is CCCC(Br)C(=O)O.N. The minimum atomic E-state index is -0.771. The summed E-state index contributed by atoms with van der Waals surface area (Å²) in [6.45, 7) is 1.96. The molecule has 0 bridgehead atoms. The zero-order valence-electron chi connectivity index (χ0n) is 5.43. The third-order valence-electron chi connectivity index (χ3n) is 0.810. The lowest BCUT2D eigenvalue weighted by atomic mass is 10.2. The van der Waals surface area contributed by atoms with Crippen molar-refractivity contribution >= 4 is 21.9 Å². The van der Waals surface area contributed by atoms with Gasteiger partial charge in [-0.2, -0.15) is 0 Å². The van der Waals surface area contributed by atoms with Gasteiger partial charge >= 0.3 is 5.97 Å². The molecule has 0 rings (SSSR count). The second kappa shape index (κ2) is 6.04. The lowest BCUT2D eigenvalue weighted by Crippen LogP contribution is -2.11. The Morgan fingerprint density at radius 2 is 2.22 bits per heavy atom. The Morgan fingerprint density at radius 1 is 1.78 bits per heavy atom. The van der Waals surface area contributed by atoms with Gasteiger partial charge in [-0.15, -0.1) is 0 Å². The van der Waals surface area contributed by atoms with Crippen molar-refractivity contribution in [3.63, 3.8) is 0 Å². The highest BCUT2D eigenvalue weighted by atomic mass is 79.9. The van der Waals surface area contributed by atoms with E-state index >= 15 is 0 Å². The Bertz CT molecular complexity index is 87.0. The zero-order chi connectivity index (χ0) is 6.57. The van der Waals surface area contributed by atoms with E-state index in [2.05, 4.69) is 15.9 Å². The van der Waals surface area contributed by atoms with Gasteiger partial charge in [-0.1, -0.05) is 29.3 Å². The molecule has 0 spiro atoms. The first kappa shape index (κ1) is 11.7. The predicted molar refractivity (Wildman–Crippen MR) is 40.3 cm³/mol. The van der Waals surface area contributed by atoms with Crippen LogP contribution in [0, 0.1) is 0 Å². The molecule has 0 aromatic carbocycles. The molecule has 0 amide bonds. The molecular weight excluding hydrogens is 186 g/mol. The molecule has 4 heteroatoms. The highest BCUT2D eigenvalue weighted by Crippen LogP contribution is 2.06.